The van der Waals surface area contributed by atoms with Crippen molar-refractivity contribution in [2.75, 3.05) is 0 Å². The standard InChI is InChI=1S/C11H22N6/c1-10(2)9(11(10,3)4)7(13-12)6-8-14-16-17(5)15-8/h7,9,13H,6,12H2,1-5H3. The van der Waals surface area contributed by atoms with Crippen LogP contribution in [0, 0.1) is 16.7 Å². The molecule has 0 spiro atoms. The molecule has 0 amide bonds. The molecule has 2 rings (SSSR count). The number of rotatable bonds is 4. The maximum Gasteiger partial charge on any atom is 0.176 e. The van der Waals surface area contributed by atoms with Crippen molar-refractivity contribution in [3.8, 4) is 0 Å². The van der Waals surface area contributed by atoms with Crippen LogP contribution in [0.5, 0.6) is 0 Å². The zero-order valence-corrected chi connectivity index (χ0v) is 11.2. The Kier molecular flexibility index (Phi) is 2.74. The molecule has 1 atom stereocenters. The molecule has 1 aromatic rings. The highest BCUT2D eigenvalue weighted by molar-refractivity contribution is 5.17. The topological polar surface area (TPSA) is 81.7 Å². The van der Waals surface area contributed by atoms with Crippen LogP contribution in [-0.2, 0) is 13.5 Å². The van der Waals surface area contributed by atoms with Gasteiger partial charge in [-0.15, -0.1) is 10.2 Å². The Morgan fingerprint density at radius 2 is 1.94 bits per heavy atom. The first-order valence-electron chi connectivity index (χ1n) is 5.99. The Morgan fingerprint density at radius 3 is 2.29 bits per heavy atom. The smallest absolute Gasteiger partial charge is 0.176 e. The van der Waals surface area contributed by atoms with Crippen molar-refractivity contribution in [1.29, 1.82) is 0 Å². The zero-order chi connectivity index (χ0) is 12.8. The minimum atomic E-state index is 0.198. The first-order chi connectivity index (χ1) is 7.80. The van der Waals surface area contributed by atoms with Crippen LogP contribution in [0.15, 0.2) is 0 Å². The fourth-order valence-corrected chi connectivity index (χ4v) is 3.13. The first kappa shape index (κ1) is 12.4. The Morgan fingerprint density at radius 1 is 1.35 bits per heavy atom. The van der Waals surface area contributed by atoms with E-state index in [1.807, 2.05) is 0 Å². The molecular weight excluding hydrogens is 216 g/mol. The SMILES string of the molecule is Cn1nnc(CC(NN)C2C(C)(C)C2(C)C)n1. The molecule has 0 radical (unpaired) electrons. The zero-order valence-electron chi connectivity index (χ0n) is 11.2. The molecule has 1 heterocycles. The van der Waals surface area contributed by atoms with E-state index >= 15 is 0 Å². The van der Waals surface area contributed by atoms with Crippen molar-refractivity contribution < 1.29 is 0 Å². The highest BCUT2D eigenvalue weighted by atomic mass is 15.6. The molecule has 6 heteroatoms. The monoisotopic (exact) mass is 238 g/mol. The van der Waals surface area contributed by atoms with Crippen LogP contribution in [0.1, 0.15) is 33.5 Å². The van der Waals surface area contributed by atoms with Gasteiger partial charge in [0.25, 0.3) is 0 Å². The van der Waals surface area contributed by atoms with E-state index in [4.69, 9.17) is 5.84 Å². The van der Waals surface area contributed by atoms with Gasteiger partial charge in [0.1, 0.15) is 0 Å². The normalized spacial score (nSPS) is 23.6. The first-order valence-corrected chi connectivity index (χ1v) is 5.99. The molecular formula is C11H22N6. The number of tetrazole rings is 1. The van der Waals surface area contributed by atoms with Gasteiger partial charge in [0, 0.05) is 12.5 Å². The van der Waals surface area contributed by atoms with Gasteiger partial charge in [-0.1, -0.05) is 27.7 Å². The number of nitrogens with one attached hydrogen (secondary N) is 1. The van der Waals surface area contributed by atoms with Crippen molar-refractivity contribution in [2.45, 2.75) is 40.2 Å². The molecule has 1 saturated carbocycles. The molecule has 6 nitrogen and oxygen atoms in total. The van der Waals surface area contributed by atoms with E-state index in [1.54, 1.807) is 7.05 Å². The quantitative estimate of drug-likeness (QED) is 0.581. The van der Waals surface area contributed by atoms with Crippen LogP contribution in [-0.4, -0.2) is 26.2 Å². The molecule has 3 N–H and O–H groups in total. The van der Waals surface area contributed by atoms with Crippen molar-refractivity contribution >= 4 is 0 Å². The molecule has 0 bridgehead atoms. The van der Waals surface area contributed by atoms with E-state index in [-0.39, 0.29) is 6.04 Å². The van der Waals surface area contributed by atoms with Gasteiger partial charge >= 0.3 is 0 Å². The second-order valence-corrected chi connectivity index (χ2v) is 6.09. The fraction of sp³-hybridized carbons (Fsp3) is 0.909. The molecule has 1 aliphatic carbocycles. The molecule has 1 fully saturated rings. The number of hydrazine groups is 1. The van der Waals surface area contributed by atoms with Gasteiger partial charge in [-0.25, -0.2) is 0 Å². The van der Waals surface area contributed by atoms with Crippen molar-refractivity contribution in [3.05, 3.63) is 5.82 Å². The van der Waals surface area contributed by atoms with E-state index in [2.05, 4.69) is 48.5 Å². The summed E-state index contributed by atoms with van der Waals surface area (Å²) < 4.78 is 0. The van der Waals surface area contributed by atoms with E-state index in [0.717, 1.165) is 12.2 Å². The maximum atomic E-state index is 5.68. The van der Waals surface area contributed by atoms with Gasteiger partial charge < -0.3 is 0 Å². The summed E-state index contributed by atoms with van der Waals surface area (Å²) in [5, 5.41) is 12.1. The minimum absolute atomic E-state index is 0.198. The van der Waals surface area contributed by atoms with Gasteiger partial charge in [-0.2, -0.15) is 4.80 Å². The number of nitrogens with zero attached hydrogens (tertiary/aromatic N) is 4. The average Bonchev–Trinajstić information content (AvgIpc) is 2.55. The van der Waals surface area contributed by atoms with Crippen LogP contribution in [0.3, 0.4) is 0 Å². The summed E-state index contributed by atoms with van der Waals surface area (Å²) >= 11 is 0. The Bertz CT molecular complexity index is 394. The van der Waals surface area contributed by atoms with E-state index in [9.17, 15) is 0 Å². The second-order valence-electron chi connectivity index (χ2n) is 6.09. The lowest BCUT2D eigenvalue weighted by molar-refractivity contribution is 0.396. The predicted octanol–water partition coefficient (Wildman–Crippen LogP) is 0.267. The van der Waals surface area contributed by atoms with Crippen LogP contribution in [0.2, 0.25) is 0 Å². The Hall–Kier alpha value is -1.01. The Labute approximate surface area is 102 Å². The average molecular weight is 238 g/mol. The van der Waals surface area contributed by atoms with Crippen LogP contribution < -0.4 is 11.3 Å². The van der Waals surface area contributed by atoms with Gasteiger partial charge in [-0.3, -0.25) is 11.3 Å². The molecule has 1 aliphatic rings. The van der Waals surface area contributed by atoms with Crippen molar-refractivity contribution in [1.82, 2.24) is 25.6 Å². The number of hydrogen-bond donors (Lipinski definition) is 2. The third-order valence-electron chi connectivity index (χ3n) is 4.70. The summed E-state index contributed by atoms with van der Waals surface area (Å²) in [6, 6.07) is 0.198. The van der Waals surface area contributed by atoms with Crippen LogP contribution >= 0.6 is 0 Å². The number of hydrogen-bond acceptors (Lipinski definition) is 5. The van der Waals surface area contributed by atoms with Gasteiger partial charge in [0.15, 0.2) is 5.82 Å². The summed E-state index contributed by atoms with van der Waals surface area (Å²) in [6.07, 6.45) is 0.724. The number of nitrogens with two attached hydrogens (primary N) is 1. The summed E-state index contributed by atoms with van der Waals surface area (Å²) in [4.78, 5) is 1.48. The molecule has 1 unspecified atom stereocenters. The van der Waals surface area contributed by atoms with Crippen LogP contribution in [0.25, 0.3) is 0 Å². The third kappa shape index (κ3) is 1.85. The van der Waals surface area contributed by atoms with E-state index in [0.29, 0.717) is 16.7 Å². The lowest BCUT2D eigenvalue weighted by Gasteiger charge is -2.16. The highest BCUT2D eigenvalue weighted by Crippen LogP contribution is 2.69. The lowest BCUT2D eigenvalue weighted by atomic mass is 10.0. The molecule has 96 valence electrons. The van der Waals surface area contributed by atoms with E-state index in [1.165, 1.54) is 4.80 Å². The maximum absolute atomic E-state index is 5.68. The molecule has 17 heavy (non-hydrogen) atoms. The predicted molar refractivity (Wildman–Crippen MR) is 64.7 cm³/mol. The summed E-state index contributed by atoms with van der Waals surface area (Å²) in [5.41, 5.74) is 3.51. The molecule has 1 aromatic heterocycles. The number of aromatic nitrogens is 4. The minimum Gasteiger partial charge on any atom is -0.271 e. The van der Waals surface area contributed by atoms with E-state index < -0.39 is 0 Å². The summed E-state index contributed by atoms with van der Waals surface area (Å²) in [6.45, 7) is 9.14. The Balaban J connectivity index is 2.09. The fourth-order valence-electron chi connectivity index (χ4n) is 3.13. The second kappa shape index (κ2) is 3.74. The van der Waals surface area contributed by atoms with Gasteiger partial charge in [0.2, 0.25) is 0 Å². The van der Waals surface area contributed by atoms with Crippen molar-refractivity contribution in [3.63, 3.8) is 0 Å². The lowest BCUT2D eigenvalue weighted by Crippen LogP contribution is -2.40. The van der Waals surface area contributed by atoms with Crippen molar-refractivity contribution in [2.24, 2.45) is 29.6 Å². The number of aryl methyl sites for hydroxylation is 1. The summed E-state index contributed by atoms with van der Waals surface area (Å²) in [5.74, 6) is 6.95. The summed E-state index contributed by atoms with van der Waals surface area (Å²) in [7, 11) is 1.77. The van der Waals surface area contributed by atoms with Crippen LogP contribution in [0.4, 0.5) is 0 Å². The molecule has 0 aromatic carbocycles. The molecule has 0 saturated heterocycles. The highest BCUT2D eigenvalue weighted by Gasteiger charge is 2.66. The van der Waals surface area contributed by atoms with Gasteiger partial charge in [-0.05, 0) is 22.0 Å². The third-order valence-corrected chi connectivity index (χ3v) is 4.70. The molecule has 0 aliphatic heterocycles. The largest absolute Gasteiger partial charge is 0.271 e. The van der Waals surface area contributed by atoms with Gasteiger partial charge in [0.05, 0.1) is 7.05 Å².